The zero-order chi connectivity index (χ0) is 14.1. The molecule has 0 aromatic carbocycles. The molecular weight excluding hydrogens is 232 g/mol. The number of rotatable bonds is 4. The van der Waals surface area contributed by atoms with Crippen molar-refractivity contribution in [2.45, 2.75) is 38.8 Å². The Labute approximate surface area is 106 Å². The van der Waals surface area contributed by atoms with Crippen molar-refractivity contribution in [1.29, 1.82) is 0 Å². The van der Waals surface area contributed by atoms with E-state index in [4.69, 9.17) is 11.5 Å². The second-order valence-corrected chi connectivity index (χ2v) is 5.34. The third-order valence-corrected chi connectivity index (χ3v) is 3.13. The molecule has 0 unspecified atom stereocenters. The van der Waals surface area contributed by atoms with Gasteiger partial charge in [-0.05, 0) is 33.8 Å². The fourth-order valence-corrected chi connectivity index (χ4v) is 1.22. The molecule has 0 saturated carbocycles. The van der Waals surface area contributed by atoms with Gasteiger partial charge in [0.25, 0.3) is 5.91 Å². The van der Waals surface area contributed by atoms with Crippen molar-refractivity contribution in [3.05, 3.63) is 17.8 Å². The van der Waals surface area contributed by atoms with Gasteiger partial charge in [0.1, 0.15) is 5.82 Å². The van der Waals surface area contributed by atoms with E-state index >= 15 is 0 Å². The summed E-state index contributed by atoms with van der Waals surface area (Å²) in [6.45, 7) is 6.94. The zero-order valence-corrected chi connectivity index (χ0v) is 11.1. The van der Waals surface area contributed by atoms with E-state index in [1.54, 1.807) is 27.7 Å². The normalized spacial score (nSPS) is 12.3. The fraction of sp³-hybridized carbons (Fsp3) is 0.500. The van der Waals surface area contributed by atoms with Gasteiger partial charge in [-0.2, -0.15) is 0 Å². The maximum atomic E-state index is 11.3. The van der Waals surface area contributed by atoms with Gasteiger partial charge in [0.2, 0.25) is 0 Å². The largest absolute Gasteiger partial charge is 0.397 e. The number of primary amides is 1. The van der Waals surface area contributed by atoms with Crippen LogP contribution in [0.1, 0.15) is 38.1 Å². The molecule has 6 nitrogen and oxygen atoms in total. The van der Waals surface area contributed by atoms with Crippen LogP contribution in [0.4, 0.5) is 11.5 Å². The van der Waals surface area contributed by atoms with Gasteiger partial charge in [0.05, 0.1) is 28.6 Å². The quantitative estimate of drug-likeness (QED) is 0.630. The van der Waals surface area contributed by atoms with Crippen molar-refractivity contribution in [1.82, 2.24) is 4.98 Å². The van der Waals surface area contributed by atoms with Crippen molar-refractivity contribution in [2.24, 2.45) is 5.73 Å². The minimum absolute atomic E-state index is 0.201. The molecule has 0 aliphatic rings. The van der Waals surface area contributed by atoms with Crippen molar-refractivity contribution < 1.29 is 9.90 Å². The SMILES string of the molecule is CC(C)(O)C(C)(C)Nc1ncc(N)cc1C(N)=O. The van der Waals surface area contributed by atoms with Crippen molar-refractivity contribution in [3.8, 4) is 0 Å². The molecular formula is C12H20N4O2. The van der Waals surface area contributed by atoms with Crippen molar-refractivity contribution in [3.63, 3.8) is 0 Å². The molecule has 1 aromatic rings. The lowest BCUT2D eigenvalue weighted by Gasteiger charge is -2.38. The van der Waals surface area contributed by atoms with E-state index in [0.717, 1.165) is 0 Å². The molecule has 1 rings (SSSR count). The summed E-state index contributed by atoms with van der Waals surface area (Å²) in [5.41, 5.74) is 9.70. The number of carbonyl (C=O) groups is 1. The first kappa shape index (κ1) is 14.2. The van der Waals surface area contributed by atoms with E-state index in [1.165, 1.54) is 12.3 Å². The zero-order valence-electron chi connectivity index (χ0n) is 11.1. The summed E-state index contributed by atoms with van der Waals surface area (Å²) < 4.78 is 0. The van der Waals surface area contributed by atoms with E-state index in [-0.39, 0.29) is 5.56 Å². The number of aliphatic hydroxyl groups is 1. The highest BCUT2D eigenvalue weighted by Gasteiger charge is 2.36. The second-order valence-electron chi connectivity index (χ2n) is 5.34. The van der Waals surface area contributed by atoms with Gasteiger partial charge >= 0.3 is 0 Å². The van der Waals surface area contributed by atoms with Gasteiger partial charge in [0, 0.05) is 0 Å². The topological polar surface area (TPSA) is 114 Å². The van der Waals surface area contributed by atoms with Crippen LogP contribution in [0.25, 0.3) is 0 Å². The highest BCUT2D eigenvalue weighted by Crippen LogP contribution is 2.27. The van der Waals surface area contributed by atoms with Crippen LogP contribution in [0.15, 0.2) is 12.3 Å². The molecule has 1 amide bonds. The first-order valence-corrected chi connectivity index (χ1v) is 5.60. The van der Waals surface area contributed by atoms with Crippen LogP contribution in [0.5, 0.6) is 0 Å². The molecule has 0 atom stereocenters. The number of carbonyl (C=O) groups excluding carboxylic acids is 1. The molecule has 0 bridgehead atoms. The Morgan fingerprint density at radius 3 is 2.39 bits per heavy atom. The average molecular weight is 252 g/mol. The van der Waals surface area contributed by atoms with Gasteiger partial charge in [-0.3, -0.25) is 4.79 Å². The molecule has 0 fully saturated rings. The third-order valence-electron chi connectivity index (χ3n) is 3.13. The lowest BCUT2D eigenvalue weighted by molar-refractivity contribution is 0.0238. The minimum Gasteiger partial charge on any atom is -0.397 e. The van der Waals surface area contributed by atoms with E-state index in [2.05, 4.69) is 10.3 Å². The van der Waals surface area contributed by atoms with Gasteiger partial charge in [-0.15, -0.1) is 0 Å². The molecule has 6 N–H and O–H groups in total. The number of amides is 1. The number of pyridine rings is 1. The predicted octanol–water partition coefficient (Wildman–Crippen LogP) is 0.724. The van der Waals surface area contributed by atoms with Crippen LogP contribution in [-0.4, -0.2) is 27.1 Å². The summed E-state index contributed by atoms with van der Waals surface area (Å²) in [6.07, 6.45) is 1.43. The third kappa shape index (κ3) is 2.89. The summed E-state index contributed by atoms with van der Waals surface area (Å²) in [5, 5.41) is 13.1. The lowest BCUT2D eigenvalue weighted by Crippen LogP contribution is -2.51. The van der Waals surface area contributed by atoms with Crippen LogP contribution in [-0.2, 0) is 0 Å². The van der Waals surface area contributed by atoms with E-state index in [0.29, 0.717) is 11.5 Å². The monoisotopic (exact) mass is 252 g/mol. The first-order chi connectivity index (χ1) is 8.04. The van der Waals surface area contributed by atoms with Crippen LogP contribution >= 0.6 is 0 Å². The Morgan fingerprint density at radius 1 is 1.39 bits per heavy atom. The Bertz CT molecular complexity index is 464. The Kier molecular flexibility index (Phi) is 3.52. The molecule has 0 aliphatic heterocycles. The van der Waals surface area contributed by atoms with Gasteiger partial charge in [-0.1, -0.05) is 0 Å². The van der Waals surface area contributed by atoms with Crippen molar-refractivity contribution >= 4 is 17.4 Å². The highest BCUT2D eigenvalue weighted by atomic mass is 16.3. The van der Waals surface area contributed by atoms with Crippen molar-refractivity contribution in [2.75, 3.05) is 11.1 Å². The number of anilines is 2. The van der Waals surface area contributed by atoms with Crippen LogP contribution in [0, 0.1) is 0 Å². The van der Waals surface area contributed by atoms with Gasteiger partial charge in [-0.25, -0.2) is 4.98 Å². The number of nitrogens with one attached hydrogen (secondary N) is 1. The van der Waals surface area contributed by atoms with Crippen LogP contribution in [0.2, 0.25) is 0 Å². The second kappa shape index (κ2) is 4.45. The smallest absolute Gasteiger partial charge is 0.252 e. The summed E-state index contributed by atoms with van der Waals surface area (Å²) in [6, 6.07) is 1.46. The first-order valence-electron chi connectivity index (χ1n) is 5.60. The Balaban J connectivity index is 3.16. The lowest BCUT2D eigenvalue weighted by atomic mass is 9.86. The standard InChI is InChI=1S/C12H20N4O2/c1-11(2,12(3,4)18)16-10-8(9(14)17)5-7(13)6-15-10/h5-6,18H,13H2,1-4H3,(H2,14,17)(H,15,16). The summed E-state index contributed by atoms with van der Waals surface area (Å²) in [7, 11) is 0. The Hall–Kier alpha value is -1.82. The number of nitrogens with two attached hydrogens (primary N) is 2. The number of aromatic nitrogens is 1. The maximum Gasteiger partial charge on any atom is 0.252 e. The van der Waals surface area contributed by atoms with Gasteiger partial charge in [0.15, 0.2) is 0 Å². The molecule has 100 valence electrons. The van der Waals surface area contributed by atoms with E-state index in [9.17, 15) is 9.90 Å². The molecule has 0 aliphatic carbocycles. The highest BCUT2D eigenvalue weighted by molar-refractivity contribution is 5.98. The molecule has 0 saturated heterocycles. The fourth-order valence-electron chi connectivity index (χ4n) is 1.22. The average Bonchev–Trinajstić information content (AvgIpc) is 2.18. The van der Waals surface area contributed by atoms with Gasteiger partial charge < -0.3 is 21.9 Å². The summed E-state index contributed by atoms with van der Waals surface area (Å²) in [5.74, 6) is -0.312. The number of nitrogen functional groups attached to an aromatic ring is 1. The number of nitrogens with zero attached hydrogens (tertiary/aromatic N) is 1. The molecule has 18 heavy (non-hydrogen) atoms. The molecule has 6 heteroatoms. The Morgan fingerprint density at radius 2 is 1.94 bits per heavy atom. The van der Waals surface area contributed by atoms with Crippen LogP contribution < -0.4 is 16.8 Å². The predicted molar refractivity (Wildman–Crippen MR) is 71.2 cm³/mol. The number of hydrogen-bond acceptors (Lipinski definition) is 5. The molecule has 0 radical (unpaired) electrons. The molecule has 0 spiro atoms. The summed E-state index contributed by atoms with van der Waals surface area (Å²) >= 11 is 0. The summed E-state index contributed by atoms with van der Waals surface area (Å²) in [4.78, 5) is 15.4. The van der Waals surface area contributed by atoms with Crippen LogP contribution in [0.3, 0.4) is 0 Å². The van der Waals surface area contributed by atoms with E-state index in [1.807, 2.05) is 0 Å². The molecule has 1 aromatic heterocycles. The minimum atomic E-state index is -1.01. The molecule has 1 heterocycles. The number of hydrogen-bond donors (Lipinski definition) is 4. The van der Waals surface area contributed by atoms with E-state index < -0.39 is 17.0 Å². The maximum absolute atomic E-state index is 11.3.